The molecule has 0 spiro atoms. The normalized spacial score (nSPS) is 21.1. The molecule has 0 unspecified atom stereocenters. The highest BCUT2D eigenvalue weighted by atomic mass is 16.5. The van der Waals surface area contributed by atoms with Gasteiger partial charge in [-0.05, 0) is 26.3 Å². The second-order valence-corrected chi connectivity index (χ2v) is 3.63. The first kappa shape index (κ1) is 10.8. The van der Waals surface area contributed by atoms with Crippen molar-refractivity contribution < 1.29 is 4.74 Å². The quantitative estimate of drug-likeness (QED) is 0.444. The van der Waals surface area contributed by atoms with E-state index in [2.05, 4.69) is 4.85 Å². The molecule has 0 saturated carbocycles. The van der Waals surface area contributed by atoms with Crippen LogP contribution < -0.4 is 0 Å². The number of allylic oxidation sites excluding steroid dienone is 2. The van der Waals surface area contributed by atoms with Crippen LogP contribution in [0.4, 0.5) is 0 Å². The predicted molar refractivity (Wildman–Crippen MR) is 52.7 cm³/mol. The lowest BCUT2D eigenvalue weighted by Gasteiger charge is -2.20. The highest BCUT2D eigenvalue weighted by Gasteiger charge is 2.36. The fourth-order valence-corrected chi connectivity index (χ4v) is 1.28. The molecule has 0 radical (unpaired) electrons. The lowest BCUT2D eigenvalue weighted by Crippen LogP contribution is -2.20. The summed E-state index contributed by atoms with van der Waals surface area (Å²) in [7, 11) is 0. The van der Waals surface area contributed by atoms with Gasteiger partial charge in [-0.15, -0.1) is 0 Å². The second kappa shape index (κ2) is 3.48. The highest BCUT2D eigenvalue weighted by Crippen LogP contribution is 2.39. The van der Waals surface area contributed by atoms with Gasteiger partial charge in [-0.25, -0.2) is 10.1 Å². The fourth-order valence-electron chi connectivity index (χ4n) is 1.28. The third kappa shape index (κ3) is 1.56. The Balaban J connectivity index is 3.47. The monoisotopic (exact) mass is 199 g/mol. The Hall–Kier alpha value is -2.25. The Morgan fingerprint density at radius 3 is 2.47 bits per heavy atom. The van der Waals surface area contributed by atoms with E-state index in [9.17, 15) is 0 Å². The van der Waals surface area contributed by atoms with Gasteiger partial charge in [-0.1, -0.05) is 0 Å². The van der Waals surface area contributed by atoms with Gasteiger partial charge in [0.1, 0.15) is 11.7 Å². The molecule has 0 saturated heterocycles. The summed E-state index contributed by atoms with van der Waals surface area (Å²) in [6.07, 6.45) is 0. The molecule has 74 valence electrons. The first-order valence-corrected chi connectivity index (χ1v) is 4.30. The zero-order chi connectivity index (χ0) is 11.6. The van der Waals surface area contributed by atoms with Gasteiger partial charge < -0.3 is 4.74 Å². The maximum Gasteiger partial charge on any atom is 0.304 e. The summed E-state index contributed by atoms with van der Waals surface area (Å²) in [6.45, 7) is 12.2. The van der Waals surface area contributed by atoms with Crippen molar-refractivity contribution in [1.82, 2.24) is 0 Å². The molecular weight excluding hydrogens is 190 g/mol. The molecule has 0 N–H and O–H groups in total. The lowest BCUT2D eigenvalue weighted by molar-refractivity contribution is 0.0926. The lowest BCUT2D eigenvalue weighted by atomic mass is 9.97. The van der Waals surface area contributed by atoms with Crippen molar-refractivity contribution in [1.29, 1.82) is 10.5 Å². The first-order chi connectivity index (χ1) is 6.97. The first-order valence-electron chi connectivity index (χ1n) is 4.30. The molecule has 0 atom stereocenters. The number of hydrogen-bond acceptors (Lipinski definition) is 3. The Labute approximate surface area is 88.5 Å². The van der Waals surface area contributed by atoms with Crippen LogP contribution in [0.25, 0.3) is 4.85 Å². The Kier molecular flexibility index (Phi) is 2.51. The molecule has 0 bridgehead atoms. The predicted octanol–water partition coefficient (Wildman–Crippen LogP) is 2.29. The average molecular weight is 199 g/mol. The zero-order valence-corrected chi connectivity index (χ0v) is 8.75. The Morgan fingerprint density at radius 1 is 1.47 bits per heavy atom. The third-order valence-electron chi connectivity index (χ3n) is 2.41. The van der Waals surface area contributed by atoms with E-state index >= 15 is 0 Å². The molecule has 4 nitrogen and oxygen atoms in total. The maximum absolute atomic E-state index is 8.94. The van der Waals surface area contributed by atoms with E-state index in [1.165, 1.54) is 0 Å². The summed E-state index contributed by atoms with van der Waals surface area (Å²) in [4.78, 5) is 3.04. The summed E-state index contributed by atoms with van der Waals surface area (Å²) >= 11 is 0. The SMILES string of the molecule is [C-]#[N+]C(C#N)=C1OC(C)(C)C(C)=C1C#N. The minimum Gasteiger partial charge on any atom is -0.492 e. The topological polar surface area (TPSA) is 61.2 Å². The highest BCUT2D eigenvalue weighted by molar-refractivity contribution is 5.54. The van der Waals surface area contributed by atoms with E-state index in [0.717, 1.165) is 5.57 Å². The van der Waals surface area contributed by atoms with E-state index in [-0.39, 0.29) is 11.5 Å². The van der Waals surface area contributed by atoms with Gasteiger partial charge in [0.05, 0.1) is 18.2 Å². The van der Waals surface area contributed by atoms with Crippen LogP contribution >= 0.6 is 0 Å². The number of rotatable bonds is 0. The molecule has 0 aromatic heterocycles. The molecule has 0 aromatic carbocycles. The summed E-state index contributed by atoms with van der Waals surface area (Å²) in [5.41, 5.74) is 0.258. The van der Waals surface area contributed by atoms with Crippen LogP contribution in [0.1, 0.15) is 20.8 Å². The number of hydrogen-bond donors (Lipinski definition) is 0. The minimum absolute atomic E-state index is 0.109. The zero-order valence-electron chi connectivity index (χ0n) is 8.75. The minimum atomic E-state index is -0.618. The molecule has 0 aliphatic carbocycles. The Bertz CT molecular complexity index is 473. The average Bonchev–Trinajstić information content (AvgIpc) is 2.40. The standard InChI is InChI=1S/C11H9N3O/c1-7-8(5-12)10(9(6-13)14-4)15-11(7,2)3/h1-3H3. The van der Waals surface area contributed by atoms with Crippen LogP contribution in [-0.2, 0) is 4.74 Å². The van der Waals surface area contributed by atoms with Crippen LogP contribution in [0.5, 0.6) is 0 Å². The van der Waals surface area contributed by atoms with Gasteiger partial charge in [0.2, 0.25) is 0 Å². The van der Waals surface area contributed by atoms with Crippen molar-refractivity contribution in [3.8, 4) is 12.1 Å². The molecule has 15 heavy (non-hydrogen) atoms. The summed E-state index contributed by atoms with van der Waals surface area (Å²) in [5.74, 6) is 0.109. The molecule has 1 aliphatic heterocycles. The number of nitrogens with zero attached hydrogens (tertiary/aromatic N) is 3. The molecular formula is C11H9N3O. The third-order valence-corrected chi connectivity index (χ3v) is 2.41. The van der Waals surface area contributed by atoms with Crippen molar-refractivity contribution in [2.45, 2.75) is 26.4 Å². The van der Waals surface area contributed by atoms with Gasteiger partial charge in [-0.3, -0.25) is 0 Å². The smallest absolute Gasteiger partial charge is 0.304 e. The molecule has 1 rings (SSSR count). The van der Waals surface area contributed by atoms with E-state index < -0.39 is 5.60 Å². The van der Waals surface area contributed by atoms with Crippen LogP contribution in [0.3, 0.4) is 0 Å². The number of nitriles is 2. The van der Waals surface area contributed by atoms with E-state index in [0.29, 0.717) is 5.57 Å². The van der Waals surface area contributed by atoms with Crippen LogP contribution in [0.15, 0.2) is 22.6 Å². The second-order valence-electron chi connectivity index (χ2n) is 3.63. The van der Waals surface area contributed by atoms with Gasteiger partial charge >= 0.3 is 5.70 Å². The summed E-state index contributed by atoms with van der Waals surface area (Å²) in [6, 6.07) is 3.70. The van der Waals surface area contributed by atoms with E-state index in [1.54, 1.807) is 26.8 Å². The van der Waals surface area contributed by atoms with Crippen molar-refractivity contribution in [3.63, 3.8) is 0 Å². The van der Waals surface area contributed by atoms with E-state index in [4.69, 9.17) is 21.8 Å². The van der Waals surface area contributed by atoms with Crippen LogP contribution in [0.2, 0.25) is 0 Å². The van der Waals surface area contributed by atoms with Crippen molar-refractivity contribution in [3.05, 3.63) is 34.0 Å². The van der Waals surface area contributed by atoms with Gasteiger partial charge in [-0.2, -0.15) is 5.26 Å². The molecule has 4 heteroatoms. The number of ether oxygens (including phenoxy) is 1. The van der Waals surface area contributed by atoms with Gasteiger partial charge in [0.15, 0.2) is 5.76 Å². The van der Waals surface area contributed by atoms with Crippen LogP contribution in [-0.4, -0.2) is 5.60 Å². The fraction of sp³-hybridized carbons (Fsp3) is 0.364. The summed E-state index contributed by atoms with van der Waals surface area (Å²) in [5, 5.41) is 17.7. The van der Waals surface area contributed by atoms with Crippen molar-refractivity contribution in [2.75, 3.05) is 0 Å². The summed E-state index contributed by atoms with van der Waals surface area (Å²) < 4.78 is 5.46. The largest absolute Gasteiger partial charge is 0.492 e. The van der Waals surface area contributed by atoms with Crippen molar-refractivity contribution in [2.24, 2.45) is 0 Å². The van der Waals surface area contributed by atoms with Gasteiger partial charge in [0, 0.05) is 0 Å². The van der Waals surface area contributed by atoms with Gasteiger partial charge in [0.25, 0.3) is 0 Å². The van der Waals surface area contributed by atoms with Crippen molar-refractivity contribution >= 4 is 0 Å². The molecule has 0 amide bonds. The molecule has 0 aromatic rings. The molecule has 1 heterocycles. The molecule has 0 fully saturated rings. The van der Waals surface area contributed by atoms with Crippen LogP contribution in [0, 0.1) is 29.2 Å². The molecule has 1 aliphatic rings. The Morgan fingerprint density at radius 2 is 2.07 bits per heavy atom. The maximum atomic E-state index is 8.94. The van der Waals surface area contributed by atoms with E-state index in [1.807, 2.05) is 6.07 Å².